The first kappa shape index (κ1) is 24.3. The van der Waals surface area contributed by atoms with Crippen molar-refractivity contribution in [2.24, 2.45) is 10.1 Å². The highest BCUT2D eigenvalue weighted by Crippen LogP contribution is 2.25. The Bertz CT molecular complexity index is 1320. The van der Waals surface area contributed by atoms with Crippen molar-refractivity contribution >= 4 is 17.6 Å². The largest absolute Gasteiger partial charge is 0.457 e. The first-order valence-corrected chi connectivity index (χ1v) is 11.6. The topological polar surface area (TPSA) is 57.3 Å². The molecule has 0 saturated carbocycles. The van der Waals surface area contributed by atoms with Gasteiger partial charge in [-0.15, -0.1) is 11.3 Å². The Labute approximate surface area is 205 Å². The van der Waals surface area contributed by atoms with Gasteiger partial charge in [-0.2, -0.15) is 13.9 Å². The van der Waals surface area contributed by atoms with Crippen molar-refractivity contribution in [1.82, 2.24) is 4.68 Å². The van der Waals surface area contributed by atoms with E-state index in [9.17, 15) is 8.78 Å². The Morgan fingerprint density at radius 3 is 2.46 bits per heavy atom. The SMILES string of the molecule is COCCN=c1scc(-c2ccc(OC(F)F)cc2)n1/N=C/c1cccc(Oc2ccccc2)c1. The summed E-state index contributed by atoms with van der Waals surface area (Å²) in [5, 5.41) is 6.59. The van der Waals surface area contributed by atoms with Gasteiger partial charge in [0.1, 0.15) is 17.2 Å². The Morgan fingerprint density at radius 2 is 1.71 bits per heavy atom. The van der Waals surface area contributed by atoms with E-state index in [1.807, 2.05) is 60.0 Å². The number of para-hydroxylation sites is 1. The number of halogens is 2. The standard InChI is InChI=1S/C26H23F2N3O3S/c1-32-15-14-29-26-31(24(18-35-26)20-10-12-22(13-11-20)34-25(27)28)30-17-19-6-5-9-23(16-19)33-21-7-3-2-4-8-21/h2-13,16-18,25H,14-15H2,1H3/b29-26?,30-17+. The number of thiazole rings is 1. The molecule has 0 saturated heterocycles. The van der Waals surface area contributed by atoms with Crippen molar-refractivity contribution in [2.45, 2.75) is 6.61 Å². The zero-order chi connectivity index (χ0) is 24.5. The molecule has 0 bridgehead atoms. The van der Waals surface area contributed by atoms with Gasteiger partial charge >= 0.3 is 6.61 Å². The fourth-order valence-corrected chi connectivity index (χ4v) is 4.03. The first-order chi connectivity index (χ1) is 17.1. The Morgan fingerprint density at radius 1 is 0.943 bits per heavy atom. The van der Waals surface area contributed by atoms with E-state index >= 15 is 0 Å². The molecule has 1 aromatic heterocycles. The Kier molecular flexibility index (Phi) is 8.37. The number of rotatable bonds is 10. The van der Waals surface area contributed by atoms with E-state index in [-0.39, 0.29) is 5.75 Å². The molecule has 0 spiro atoms. The minimum absolute atomic E-state index is 0.0919. The summed E-state index contributed by atoms with van der Waals surface area (Å²) in [4.78, 5) is 5.26. The van der Waals surface area contributed by atoms with Crippen LogP contribution in [0.25, 0.3) is 11.3 Å². The van der Waals surface area contributed by atoms with Crippen LogP contribution in [-0.4, -0.2) is 37.8 Å². The van der Waals surface area contributed by atoms with Crippen LogP contribution in [-0.2, 0) is 4.74 Å². The highest BCUT2D eigenvalue weighted by atomic mass is 32.1. The molecule has 0 unspecified atom stereocenters. The summed E-state index contributed by atoms with van der Waals surface area (Å²) in [5.74, 6) is 1.53. The van der Waals surface area contributed by atoms with Crippen LogP contribution >= 0.6 is 11.3 Å². The summed E-state index contributed by atoms with van der Waals surface area (Å²) >= 11 is 1.43. The molecule has 3 aromatic carbocycles. The van der Waals surface area contributed by atoms with Gasteiger partial charge in [-0.1, -0.05) is 30.3 Å². The van der Waals surface area contributed by atoms with Gasteiger partial charge in [-0.05, 0) is 54.1 Å². The zero-order valence-corrected chi connectivity index (χ0v) is 19.7. The lowest BCUT2D eigenvalue weighted by Gasteiger charge is -2.07. The maximum atomic E-state index is 12.5. The van der Waals surface area contributed by atoms with E-state index in [1.54, 1.807) is 30.1 Å². The Balaban J connectivity index is 1.63. The average molecular weight is 496 g/mol. The quantitative estimate of drug-likeness (QED) is 0.199. The molecule has 0 atom stereocenters. The van der Waals surface area contributed by atoms with E-state index in [1.165, 1.54) is 23.5 Å². The molecular formula is C26H23F2N3O3S. The Hall–Kier alpha value is -3.82. The molecular weight excluding hydrogens is 472 g/mol. The second-order valence-corrected chi connectivity index (χ2v) is 8.06. The normalized spacial score (nSPS) is 11.9. The average Bonchev–Trinajstić information content (AvgIpc) is 3.26. The lowest BCUT2D eigenvalue weighted by molar-refractivity contribution is -0.0498. The van der Waals surface area contributed by atoms with Crippen molar-refractivity contribution in [3.8, 4) is 28.5 Å². The van der Waals surface area contributed by atoms with Crippen molar-refractivity contribution in [3.63, 3.8) is 0 Å². The summed E-state index contributed by atoms with van der Waals surface area (Å²) < 4.78 is 42.2. The van der Waals surface area contributed by atoms with Gasteiger partial charge in [0.05, 0.1) is 25.1 Å². The lowest BCUT2D eigenvalue weighted by Crippen LogP contribution is -2.13. The van der Waals surface area contributed by atoms with Gasteiger partial charge in [0, 0.05) is 18.1 Å². The van der Waals surface area contributed by atoms with Gasteiger partial charge in [0.2, 0.25) is 4.80 Å². The van der Waals surface area contributed by atoms with Gasteiger partial charge in [-0.25, -0.2) is 4.68 Å². The van der Waals surface area contributed by atoms with Crippen LogP contribution in [0.15, 0.2) is 94.3 Å². The molecule has 0 fully saturated rings. The molecule has 1 heterocycles. The molecule has 0 aliphatic heterocycles. The summed E-state index contributed by atoms with van der Waals surface area (Å²) in [7, 11) is 1.62. The van der Waals surface area contributed by atoms with Crippen LogP contribution in [0, 0.1) is 0 Å². The number of nitrogens with zero attached hydrogens (tertiary/aromatic N) is 3. The first-order valence-electron chi connectivity index (χ1n) is 10.7. The monoisotopic (exact) mass is 495 g/mol. The second-order valence-electron chi connectivity index (χ2n) is 7.22. The van der Waals surface area contributed by atoms with Crippen LogP contribution in [0.4, 0.5) is 8.78 Å². The number of hydrogen-bond acceptors (Lipinski definition) is 6. The van der Waals surface area contributed by atoms with E-state index < -0.39 is 6.61 Å². The number of aromatic nitrogens is 1. The summed E-state index contributed by atoms with van der Waals surface area (Å²) in [6.07, 6.45) is 1.72. The third-order valence-corrected chi connectivity index (χ3v) is 5.62. The predicted molar refractivity (Wildman–Crippen MR) is 133 cm³/mol. The molecule has 35 heavy (non-hydrogen) atoms. The van der Waals surface area contributed by atoms with Gasteiger partial charge in [0.15, 0.2) is 0 Å². The minimum Gasteiger partial charge on any atom is -0.457 e. The maximum Gasteiger partial charge on any atom is 0.387 e. The fourth-order valence-electron chi connectivity index (χ4n) is 3.16. The van der Waals surface area contributed by atoms with E-state index in [4.69, 9.17) is 9.47 Å². The fraction of sp³-hybridized carbons (Fsp3) is 0.154. The molecule has 0 radical (unpaired) electrons. The lowest BCUT2D eigenvalue weighted by atomic mass is 10.2. The molecule has 0 aliphatic carbocycles. The zero-order valence-electron chi connectivity index (χ0n) is 18.9. The smallest absolute Gasteiger partial charge is 0.387 e. The molecule has 180 valence electrons. The van der Waals surface area contributed by atoms with E-state index in [0.29, 0.717) is 23.7 Å². The van der Waals surface area contributed by atoms with Gasteiger partial charge < -0.3 is 14.2 Å². The molecule has 6 nitrogen and oxygen atoms in total. The van der Waals surface area contributed by atoms with Crippen molar-refractivity contribution in [1.29, 1.82) is 0 Å². The third-order valence-electron chi connectivity index (χ3n) is 4.76. The number of methoxy groups -OCH3 is 1. The molecule has 9 heteroatoms. The summed E-state index contributed by atoms with van der Waals surface area (Å²) in [6, 6.07) is 23.5. The number of hydrogen-bond donors (Lipinski definition) is 0. The molecule has 4 rings (SSSR count). The van der Waals surface area contributed by atoms with Crippen molar-refractivity contribution in [2.75, 3.05) is 20.3 Å². The highest BCUT2D eigenvalue weighted by molar-refractivity contribution is 7.07. The molecule has 0 amide bonds. The maximum absolute atomic E-state index is 12.5. The van der Waals surface area contributed by atoms with Gasteiger partial charge in [0.25, 0.3) is 0 Å². The third kappa shape index (κ3) is 6.84. The number of alkyl halides is 2. The van der Waals surface area contributed by atoms with Crippen LogP contribution in [0.2, 0.25) is 0 Å². The highest BCUT2D eigenvalue weighted by Gasteiger charge is 2.09. The number of ether oxygens (including phenoxy) is 3. The van der Waals surface area contributed by atoms with E-state index in [0.717, 1.165) is 22.6 Å². The van der Waals surface area contributed by atoms with Crippen molar-refractivity contribution in [3.05, 3.63) is 94.6 Å². The van der Waals surface area contributed by atoms with Crippen LogP contribution in [0.3, 0.4) is 0 Å². The van der Waals surface area contributed by atoms with Crippen LogP contribution in [0.5, 0.6) is 17.2 Å². The van der Waals surface area contributed by atoms with Crippen LogP contribution < -0.4 is 14.3 Å². The predicted octanol–water partition coefficient (Wildman–Crippen LogP) is 6.04. The molecule has 0 aliphatic rings. The summed E-state index contributed by atoms with van der Waals surface area (Å²) in [5.41, 5.74) is 2.39. The van der Waals surface area contributed by atoms with E-state index in [2.05, 4.69) is 14.8 Å². The second kappa shape index (κ2) is 12.0. The molecule has 4 aromatic rings. The molecule has 0 N–H and O–H groups in total. The van der Waals surface area contributed by atoms with Gasteiger partial charge in [-0.3, -0.25) is 4.99 Å². The number of benzene rings is 3. The minimum atomic E-state index is -2.87. The summed E-state index contributed by atoms with van der Waals surface area (Å²) in [6.45, 7) is -1.91. The van der Waals surface area contributed by atoms with Crippen molar-refractivity contribution < 1.29 is 23.0 Å². The van der Waals surface area contributed by atoms with Crippen LogP contribution in [0.1, 0.15) is 5.56 Å².